The molecule has 0 radical (unpaired) electrons. The number of ketones is 1. The van der Waals surface area contributed by atoms with Crippen molar-refractivity contribution in [3.8, 4) is 11.5 Å². The molecule has 11 heteroatoms. The zero-order valence-electron chi connectivity index (χ0n) is 22.6. The number of ether oxygens (including phenoxy) is 5. The molecule has 0 aromatic heterocycles. The van der Waals surface area contributed by atoms with Crippen molar-refractivity contribution < 1.29 is 48.0 Å². The molecule has 2 bridgehead atoms. The van der Waals surface area contributed by atoms with Gasteiger partial charge < -0.3 is 33.7 Å². The Morgan fingerprint density at radius 3 is 2.62 bits per heavy atom. The van der Waals surface area contributed by atoms with Gasteiger partial charge in [-0.2, -0.15) is 0 Å². The fourth-order valence-electron chi connectivity index (χ4n) is 6.62. The molecule has 1 saturated heterocycles. The molecule has 4 aliphatic rings. The number of aliphatic hydroxyl groups is 1. The van der Waals surface area contributed by atoms with E-state index in [-0.39, 0.29) is 18.2 Å². The van der Waals surface area contributed by atoms with Gasteiger partial charge in [0.25, 0.3) is 0 Å². The molecule has 1 N–H and O–H groups in total. The van der Waals surface area contributed by atoms with Crippen LogP contribution in [0.1, 0.15) is 51.2 Å². The first-order valence-electron chi connectivity index (χ1n) is 13.0. The molecular weight excluding hydrogens is 510 g/mol. The fourth-order valence-corrected chi connectivity index (χ4v) is 6.62. The van der Waals surface area contributed by atoms with E-state index in [4.69, 9.17) is 23.7 Å². The average Bonchev–Trinajstić information content (AvgIpc) is 3.23. The Morgan fingerprint density at radius 1 is 1.21 bits per heavy atom. The lowest BCUT2D eigenvalue weighted by Crippen LogP contribution is -2.74. The first-order chi connectivity index (χ1) is 18.4. The summed E-state index contributed by atoms with van der Waals surface area (Å²) in [4.78, 5) is 51.0. The molecule has 6 atom stereocenters. The average molecular weight is 544 g/mol. The first-order valence-corrected chi connectivity index (χ1v) is 13.0. The predicted molar refractivity (Wildman–Crippen MR) is 134 cm³/mol. The molecule has 1 aromatic carbocycles. The second kappa shape index (κ2) is 9.63. The Labute approximate surface area is 226 Å². The number of esters is 3. The molecule has 0 saturated carbocycles. The van der Waals surface area contributed by atoms with Crippen LogP contribution in [-0.4, -0.2) is 84.4 Å². The maximum absolute atomic E-state index is 13.1. The summed E-state index contributed by atoms with van der Waals surface area (Å²) in [5.74, 6) is -1.80. The Bertz CT molecular complexity index is 1270. The van der Waals surface area contributed by atoms with E-state index in [1.807, 2.05) is 19.2 Å². The molecule has 1 fully saturated rings. The molecule has 0 unspecified atom stereocenters. The summed E-state index contributed by atoms with van der Waals surface area (Å²) >= 11 is 0. The molecular formula is C28H33NO10. The number of carbonyl (C=O) groups excluding carboxylic acids is 4. The van der Waals surface area contributed by atoms with Crippen molar-refractivity contribution in [1.82, 2.24) is 4.90 Å². The van der Waals surface area contributed by atoms with Gasteiger partial charge in [0.2, 0.25) is 6.10 Å². The summed E-state index contributed by atoms with van der Waals surface area (Å²) < 4.78 is 27.9. The maximum atomic E-state index is 13.1. The molecule has 1 spiro atoms. The lowest BCUT2D eigenvalue weighted by atomic mass is 9.50. The van der Waals surface area contributed by atoms with Crippen LogP contribution < -0.4 is 9.47 Å². The van der Waals surface area contributed by atoms with Crippen LogP contribution in [0.3, 0.4) is 0 Å². The van der Waals surface area contributed by atoms with Crippen LogP contribution in [0.2, 0.25) is 0 Å². The van der Waals surface area contributed by atoms with Crippen LogP contribution in [-0.2, 0) is 45.2 Å². The maximum Gasteiger partial charge on any atom is 0.348 e. The molecule has 2 aliphatic heterocycles. The Balaban J connectivity index is 1.44. The molecule has 210 valence electrons. The fraction of sp³-hybridized carbons (Fsp3) is 0.571. The van der Waals surface area contributed by atoms with E-state index >= 15 is 0 Å². The van der Waals surface area contributed by atoms with Crippen LogP contribution in [0.15, 0.2) is 24.0 Å². The van der Waals surface area contributed by atoms with Crippen molar-refractivity contribution in [2.45, 2.75) is 81.8 Å². The second-order valence-corrected chi connectivity index (χ2v) is 10.8. The highest BCUT2D eigenvalue weighted by molar-refractivity contribution is 5.87. The molecule has 0 amide bonds. The van der Waals surface area contributed by atoms with Crippen LogP contribution in [0, 0.1) is 0 Å². The van der Waals surface area contributed by atoms with Gasteiger partial charge in [-0.05, 0) is 58.0 Å². The molecule has 5 rings (SSSR count). The Kier molecular flexibility index (Phi) is 6.70. The lowest BCUT2D eigenvalue weighted by molar-refractivity contribution is -0.176. The Hall–Kier alpha value is -3.44. The standard InChI is InChI=1S/C28H33NO10/c1-14(30)15(2)36-26(33)20(37-16(3)31)13-22(32)38-19-8-9-28(34)21-12-17-6-7-18(35-5)24-23(17)27(28,25(19)39-24)10-11-29(21)4/h6-8,15,20-21,25,34H,9-13H2,1-5H3/t15-,20-,21+,25-,27-,28+/m0/s1. The van der Waals surface area contributed by atoms with Gasteiger partial charge in [-0.25, -0.2) is 4.79 Å². The SMILES string of the molecule is COc1ccc2c3c1O[C@H]1C(OC(=O)C[C@H](OC(C)=O)C(=O)O[C@@H](C)C(C)=O)=CC[C@@]4(O)[C@@H](C2)N(C)CC[C@]314. The first kappa shape index (κ1) is 27.1. The number of methoxy groups -OCH3 is 1. The van der Waals surface area contributed by atoms with Gasteiger partial charge in [0, 0.05) is 24.9 Å². The summed E-state index contributed by atoms with van der Waals surface area (Å²) in [7, 11) is 3.54. The highest BCUT2D eigenvalue weighted by Gasteiger charge is 2.72. The van der Waals surface area contributed by atoms with Crippen LogP contribution in [0.25, 0.3) is 0 Å². The minimum atomic E-state index is -1.59. The number of hydrogen-bond acceptors (Lipinski definition) is 11. The van der Waals surface area contributed by atoms with E-state index in [0.717, 1.165) is 18.1 Å². The number of benzene rings is 1. The topological polar surface area (TPSA) is 138 Å². The van der Waals surface area contributed by atoms with Gasteiger partial charge in [0.05, 0.1) is 24.5 Å². The molecule has 1 aromatic rings. The third-order valence-corrected chi connectivity index (χ3v) is 8.58. The summed E-state index contributed by atoms with van der Waals surface area (Å²) in [5.41, 5.74) is -0.0887. The van der Waals surface area contributed by atoms with E-state index in [0.29, 0.717) is 30.9 Å². The van der Waals surface area contributed by atoms with Crippen LogP contribution in [0.5, 0.6) is 11.5 Å². The lowest BCUT2D eigenvalue weighted by Gasteiger charge is -2.61. The largest absolute Gasteiger partial charge is 0.493 e. The highest BCUT2D eigenvalue weighted by Crippen LogP contribution is 2.65. The zero-order valence-corrected chi connectivity index (χ0v) is 22.6. The van der Waals surface area contributed by atoms with Gasteiger partial charge in [-0.1, -0.05) is 6.07 Å². The Morgan fingerprint density at radius 2 is 1.95 bits per heavy atom. The van der Waals surface area contributed by atoms with Gasteiger partial charge in [0.1, 0.15) is 5.76 Å². The quantitative estimate of drug-likeness (QED) is 0.376. The molecule has 39 heavy (non-hydrogen) atoms. The van der Waals surface area contributed by atoms with E-state index in [9.17, 15) is 24.3 Å². The van der Waals surface area contributed by atoms with E-state index in [1.165, 1.54) is 13.8 Å². The van der Waals surface area contributed by atoms with Crippen molar-refractivity contribution >= 4 is 23.7 Å². The molecule has 2 heterocycles. The van der Waals surface area contributed by atoms with Crippen molar-refractivity contribution in [1.29, 1.82) is 0 Å². The summed E-state index contributed by atoms with van der Waals surface area (Å²) in [6.45, 7) is 4.44. The predicted octanol–water partition coefficient (Wildman–Crippen LogP) is 1.36. The van der Waals surface area contributed by atoms with Crippen LogP contribution >= 0.6 is 0 Å². The van der Waals surface area contributed by atoms with E-state index in [1.54, 1.807) is 13.2 Å². The number of rotatable bonds is 8. The van der Waals surface area contributed by atoms with Gasteiger partial charge in [0.15, 0.2) is 29.5 Å². The third kappa shape index (κ3) is 4.10. The number of hydrogen-bond donors (Lipinski definition) is 1. The van der Waals surface area contributed by atoms with Gasteiger partial charge in [-0.15, -0.1) is 0 Å². The zero-order chi connectivity index (χ0) is 28.3. The number of likely N-dealkylation sites (tertiary alicyclic amines) is 1. The minimum Gasteiger partial charge on any atom is -0.493 e. The van der Waals surface area contributed by atoms with E-state index < -0.39 is 59.4 Å². The van der Waals surface area contributed by atoms with Crippen molar-refractivity contribution in [3.63, 3.8) is 0 Å². The minimum absolute atomic E-state index is 0.163. The number of nitrogens with zero attached hydrogens (tertiary/aromatic N) is 1. The summed E-state index contributed by atoms with van der Waals surface area (Å²) in [6.07, 6.45) is -0.996. The molecule has 2 aliphatic carbocycles. The summed E-state index contributed by atoms with van der Waals surface area (Å²) in [6, 6.07) is 3.68. The number of piperidine rings is 1. The third-order valence-electron chi connectivity index (χ3n) is 8.58. The number of carbonyl (C=O) groups is 4. The number of Topliss-reactive ketones (excluding diaryl/α,β-unsaturated/α-hetero) is 1. The van der Waals surface area contributed by atoms with Gasteiger partial charge >= 0.3 is 17.9 Å². The van der Waals surface area contributed by atoms with Crippen LogP contribution in [0.4, 0.5) is 0 Å². The molecule has 11 nitrogen and oxygen atoms in total. The monoisotopic (exact) mass is 543 g/mol. The van der Waals surface area contributed by atoms with Crippen molar-refractivity contribution in [2.75, 3.05) is 20.7 Å². The second-order valence-electron chi connectivity index (χ2n) is 10.8. The van der Waals surface area contributed by atoms with Crippen molar-refractivity contribution in [3.05, 3.63) is 35.1 Å². The number of likely N-dealkylation sites (N-methyl/N-ethyl adjacent to an activating group) is 1. The summed E-state index contributed by atoms with van der Waals surface area (Å²) in [5, 5.41) is 12.3. The normalized spacial score (nSPS) is 29.6. The smallest absolute Gasteiger partial charge is 0.348 e. The van der Waals surface area contributed by atoms with Crippen molar-refractivity contribution in [2.24, 2.45) is 0 Å². The highest BCUT2D eigenvalue weighted by atomic mass is 16.6. The van der Waals surface area contributed by atoms with Gasteiger partial charge in [-0.3, -0.25) is 14.4 Å². The van der Waals surface area contributed by atoms with E-state index in [2.05, 4.69) is 4.90 Å².